The Morgan fingerprint density at radius 3 is 2.50 bits per heavy atom. The average Bonchev–Trinajstić information content (AvgIpc) is 2.52. The van der Waals surface area contributed by atoms with Crippen LogP contribution in [0.2, 0.25) is 0 Å². The number of piperidine rings is 1. The first kappa shape index (κ1) is 18.8. The van der Waals surface area contributed by atoms with Crippen LogP contribution in [0.1, 0.15) is 37.0 Å². The summed E-state index contributed by atoms with van der Waals surface area (Å²) in [7, 11) is -3.84. The van der Waals surface area contributed by atoms with E-state index in [-0.39, 0.29) is 11.0 Å². The van der Waals surface area contributed by atoms with Gasteiger partial charge >= 0.3 is 5.97 Å². The Morgan fingerprint density at radius 1 is 1.38 bits per heavy atom. The van der Waals surface area contributed by atoms with Crippen LogP contribution in [0.15, 0.2) is 23.1 Å². The largest absolute Gasteiger partial charge is 0.478 e. The van der Waals surface area contributed by atoms with E-state index >= 15 is 0 Å². The molecular formula is C16H22FNO5S. The number of ether oxygens (including phenoxy) is 1. The predicted molar refractivity (Wildman–Crippen MR) is 85.9 cm³/mol. The van der Waals surface area contributed by atoms with Gasteiger partial charge in [-0.05, 0) is 37.0 Å². The van der Waals surface area contributed by atoms with E-state index in [9.17, 15) is 17.6 Å². The summed E-state index contributed by atoms with van der Waals surface area (Å²) in [6.45, 7) is 5.34. The van der Waals surface area contributed by atoms with Gasteiger partial charge in [-0.3, -0.25) is 0 Å². The Hall–Kier alpha value is -1.51. The Bertz CT molecular complexity index is 696. The fraction of sp³-hybridized carbons (Fsp3) is 0.562. The summed E-state index contributed by atoms with van der Waals surface area (Å²) in [4.78, 5) is 10.6. The number of carbonyl (C=O) groups is 1. The SMILES string of the molecule is CC(C)COC1CCN(S(=O)(=O)c2ccc(C(=O)O)c(F)c2)CC1. The lowest BCUT2D eigenvalue weighted by Crippen LogP contribution is -2.41. The van der Waals surface area contributed by atoms with Crippen LogP contribution < -0.4 is 0 Å². The van der Waals surface area contributed by atoms with E-state index in [1.165, 1.54) is 4.31 Å². The van der Waals surface area contributed by atoms with Gasteiger partial charge in [0.25, 0.3) is 0 Å². The maximum atomic E-state index is 13.8. The Kier molecular flexibility index (Phi) is 5.95. The second-order valence-corrected chi connectivity index (χ2v) is 8.22. The highest BCUT2D eigenvalue weighted by Crippen LogP contribution is 2.24. The summed E-state index contributed by atoms with van der Waals surface area (Å²) in [6, 6.07) is 2.87. The predicted octanol–water partition coefficient (Wildman–Crippen LogP) is 2.35. The number of benzene rings is 1. The third kappa shape index (κ3) is 4.31. The molecule has 1 saturated heterocycles. The number of carboxylic acids is 1. The monoisotopic (exact) mass is 359 g/mol. The molecule has 0 radical (unpaired) electrons. The van der Waals surface area contributed by atoms with E-state index in [0.29, 0.717) is 38.5 Å². The fourth-order valence-corrected chi connectivity index (χ4v) is 4.03. The topological polar surface area (TPSA) is 83.9 Å². The number of hydrogen-bond acceptors (Lipinski definition) is 4. The molecule has 0 aromatic heterocycles. The van der Waals surface area contributed by atoms with Crippen LogP contribution in [0.5, 0.6) is 0 Å². The van der Waals surface area contributed by atoms with E-state index in [1.54, 1.807) is 0 Å². The maximum absolute atomic E-state index is 13.8. The molecule has 8 heteroatoms. The summed E-state index contributed by atoms with van der Waals surface area (Å²) >= 11 is 0. The molecule has 0 aliphatic carbocycles. The minimum absolute atomic E-state index is 0.0324. The van der Waals surface area contributed by atoms with Crippen LogP contribution >= 0.6 is 0 Å². The zero-order chi connectivity index (χ0) is 17.9. The molecule has 6 nitrogen and oxygen atoms in total. The van der Waals surface area contributed by atoms with Crippen molar-refractivity contribution in [2.75, 3.05) is 19.7 Å². The van der Waals surface area contributed by atoms with Crippen LogP contribution in [0.3, 0.4) is 0 Å². The van der Waals surface area contributed by atoms with Crippen LogP contribution in [0, 0.1) is 11.7 Å². The molecule has 0 spiro atoms. The first-order valence-electron chi connectivity index (χ1n) is 7.86. The molecule has 1 aromatic rings. The molecule has 1 fully saturated rings. The van der Waals surface area contributed by atoms with Crippen LogP contribution in [-0.4, -0.2) is 49.6 Å². The van der Waals surface area contributed by atoms with Gasteiger partial charge in [0.1, 0.15) is 5.82 Å². The van der Waals surface area contributed by atoms with Gasteiger partial charge in [0.2, 0.25) is 10.0 Å². The number of aromatic carboxylic acids is 1. The van der Waals surface area contributed by atoms with Crippen molar-refractivity contribution in [2.24, 2.45) is 5.92 Å². The highest BCUT2D eigenvalue weighted by atomic mass is 32.2. The summed E-state index contributed by atoms with van der Waals surface area (Å²) in [5, 5.41) is 8.81. The lowest BCUT2D eigenvalue weighted by atomic mass is 10.1. The average molecular weight is 359 g/mol. The first-order valence-corrected chi connectivity index (χ1v) is 9.30. The van der Waals surface area contributed by atoms with Gasteiger partial charge < -0.3 is 9.84 Å². The van der Waals surface area contributed by atoms with E-state index in [2.05, 4.69) is 13.8 Å². The molecule has 0 atom stereocenters. The standard InChI is InChI=1S/C16H22FNO5S/c1-11(2)10-23-12-5-7-18(8-6-12)24(21,22)13-3-4-14(16(19)20)15(17)9-13/h3-4,9,11-12H,5-8,10H2,1-2H3,(H,19,20). The second kappa shape index (κ2) is 7.58. The van der Waals surface area contributed by atoms with Gasteiger partial charge in [0.15, 0.2) is 0 Å². The van der Waals surface area contributed by atoms with E-state index in [1.807, 2.05) is 0 Å². The van der Waals surface area contributed by atoms with Gasteiger partial charge in [-0.2, -0.15) is 4.31 Å². The summed E-state index contributed by atoms with van der Waals surface area (Å²) in [5.41, 5.74) is -0.547. The van der Waals surface area contributed by atoms with Gasteiger partial charge in [0.05, 0.1) is 16.6 Å². The molecule has 1 aliphatic rings. The number of rotatable bonds is 6. The zero-order valence-electron chi connectivity index (χ0n) is 13.7. The molecule has 1 aliphatic heterocycles. The van der Waals surface area contributed by atoms with Crippen molar-refractivity contribution in [3.8, 4) is 0 Å². The quantitative estimate of drug-likeness (QED) is 0.843. The maximum Gasteiger partial charge on any atom is 0.338 e. The zero-order valence-corrected chi connectivity index (χ0v) is 14.6. The summed E-state index contributed by atoms with van der Waals surface area (Å²) < 4.78 is 45.9. The van der Waals surface area contributed by atoms with Crippen molar-refractivity contribution < 1.29 is 27.4 Å². The minimum atomic E-state index is -3.84. The van der Waals surface area contributed by atoms with E-state index < -0.39 is 27.4 Å². The van der Waals surface area contributed by atoms with Crippen LogP contribution in [0.25, 0.3) is 0 Å². The molecular weight excluding hydrogens is 337 g/mol. The highest BCUT2D eigenvalue weighted by Gasteiger charge is 2.30. The molecule has 0 saturated carbocycles. The van der Waals surface area contributed by atoms with Gasteiger partial charge in [-0.1, -0.05) is 13.8 Å². The number of sulfonamides is 1. The molecule has 0 amide bonds. The van der Waals surface area contributed by atoms with Gasteiger partial charge in [-0.15, -0.1) is 0 Å². The molecule has 2 rings (SSSR count). The lowest BCUT2D eigenvalue weighted by Gasteiger charge is -2.31. The van der Waals surface area contributed by atoms with E-state index in [0.717, 1.165) is 18.2 Å². The summed E-state index contributed by atoms with van der Waals surface area (Å²) in [5.74, 6) is -2.07. The fourth-order valence-electron chi connectivity index (χ4n) is 2.55. The Balaban J connectivity index is 2.07. The Morgan fingerprint density at radius 2 is 2.00 bits per heavy atom. The van der Waals surface area contributed by atoms with Crippen LogP contribution in [-0.2, 0) is 14.8 Å². The molecule has 1 heterocycles. The van der Waals surface area contributed by atoms with Crippen molar-refractivity contribution >= 4 is 16.0 Å². The molecule has 0 unspecified atom stereocenters. The van der Waals surface area contributed by atoms with Gasteiger partial charge in [-0.25, -0.2) is 17.6 Å². The number of nitrogens with zero attached hydrogens (tertiary/aromatic N) is 1. The number of halogens is 1. The third-order valence-electron chi connectivity index (χ3n) is 3.87. The second-order valence-electron chi connectivity index (χ2n) is 6.28. The van der Waals surface area contributed by atoms with Crippen molar-refractivity contribution in [1.82, 2.24) is 4.31 Å². The smallest absolute Gasteiger partial charge is 0.338 e. The lowest BCUT2D eigenvalue weighted by molar-refractivity contribution is 0.00748. The number of hydrogen-bond donors (Lipinski definition) is 1. The normalized spacial score (nSPS) is 17.3. The third-order valence-corrected chi connectivity index (χ3v) is 5.77. The van der Waals surface area contributed by atoms with Crippen molar-refractivity contribution in [3.63, 3.8) is 0 Å². The first-order chi connectivity index (χ1) is 11.2. The minimum Gasteiger partial charge on any atom is -0.478 e. The van der Waals surface area contributed by atoms with Gasteiger partial charge in [0, 0.05) is 19.7 Å². The van der Waals surface area contributed by atoms with Crippen molar-refractivity contribution in [3.05, 3.63) is 29.6 Å². The highest BCUT2D eigenvalue weighted by molar-refractivity contribution is 7.89. The van der Waals surface area contributed by atoms with E-state index in [4.69, 9.17) is 9.84 Å². The summed E-state index contributed by atoms with van der Waals surface area (Å²) in [6.07, 6.45) is 1.20. The molecule has 1 aromatic carbocycles. The molecule has 134 valence electrons. The van der Waals surface area contributed by atoms with Crippen LogP contribution in [0.4, 0.5) is 4.39 Å². The van der Waals surface area contributed by atoms with Crippen molar-refractivity contribution in [1.29, 1.82) is 0 Å². The molecule has 24 heavy (non-hydrogen) atoms. The Labute approximate surface area is 141 Å². The number of carboxylic acid groups (broad SMARTS) is 1. The molecule has 0 bridgehead atoms. The molecule has 1 N–H and O–H groups in total. The van der Waals surface area contributed by atoms with Crippen molar-refractivity contribution in [2.45, 2.75) is 37.7 Å².